The van der Waals surface area contributed by atoms with Gasteiger partial charge in [0.1, 0.15) is 0 Å². The van der Waals surface area contributed by atoms with E-state index in [1.807, 2.05) is 19.9 Å². The van der Waals surface area contributed by atoms with Crippen molar-refractivity contribution in [2.24, 2.45) is 0 Å². The molecule has 1 aliphatic carbocycles. The lowest BCUT2D eigenvalue weighted by atomic mass is 9.94. The number of rotatable bonds is 5. The number of ketones is 1. The first-order valence-corrected chi connectivity index (χ1v) is 8.93. The highest BCUT2D eigenvalue weighted by Gasteiger charge is 2.27. The van der Waals surface area contributed by atoms with Crippen LogP contribution in [0, 0.1) is 6.92 Å². The molecule has 134 valence electrons. The summed E-state index contributed by atoms with van der Waals surface area (Å²) in [5.74, 6) is 2.56. The fourth-order valence-corrected chi connectivity index (χ4v) is 3.46. The molecule has 1 aliphatic rings. The van der Waals surface area contributed by atoms with Crippen LogP contribution in [-0.4, -0.2) is 20.9 Å². The molecule has 0 bridgehead atoms. The number of benzene rings is 1. The van der Waals surface area contributed by atoms with E-state index in [4.69, 9.17) is 8.94 Å². The number of carbonyl (C=O) groups excluding carboxylic acids is 1. The Morgan fingerprint density at radius 1 is 1.35 bits per heavy atom. The number of hydrogen-bond donors (Lipinski definition) is 0. The van der Waals surface area contributed by atoms with Crippen LogP contribution in [0.1, 0.15) is 72.0 Å². The fourth-order valence-electron chi connectivity index (χ4n) is 3.46. The summed E-state index contributed by atoms with van der Waals surface area (Å²) in [7, 11) is 0. The van der Waals surface area contributed by atoms with Crippen LogP contribution in [-0.2, 0) is 6.42 Å². The molecule has 0 amide bonds. The smallest absolute Gasteiger partial charge is 0.229 e. The van der Waals surface area contributed by atoms with Crippen LogP contribution in [0.4, 0.5) is 0 Å². The lowest BCUT2D eigenvalue weighted by Crippen LogP contribution is -2.04. The molecular weight excluding hydrogens is 330 g/mol. The number of aromatic nitrogens is 3. The van der Waals surface area contributed by atoms with Crippen molar-refractivity contribution in [3.63, 3.8) is 0 Å². The molecule has 3 aromatic rings. The summed E-state index contributed by atoms with van der Waals surface area (Å²) in [5, 5.41) is 4.08. The van der Waals surface area contributed by atoms with Crippen LogP contribution in [0.25, 0.3) is 11.4 Å². The van der Waals surface area contributed by atoms with Gasteiger partial charge in [0.2, 0.25) is 11.7 Å². The number of Topliss-reactive ketones (excluding diaryl/α,β-unsaturated/α-hetero) is 1. The van der Waals surface area contributed by atoms with E-state index >= 15 is 0 Å². The second-order valence-corrected chi connectivity index (χ2v) is 7.13. The molecular formula is C20H21N3O3. The molecule has 2 heterocycles. The lowest BCUT2D eigenvalue weighted by molar-refractivity contribution is 0.0945. The number of fused-ring (bicyclic) bond motifs is 1. The minimum absolute atomic E-state index is 0.00673. The van der Waals surface area contributed by atoms with Gasteiger partial charge < -0.3 is 8.94 Å². The van der Waals surface area contributed by atoms with Crippen molar-refractivity contribution in [2.45, 2.75) is 51.9 Å². The zero-order valence-electron chi connectivity index (χ0n) is 15.2. The Hall–Kier alpha value is -2.76. The van der Waals surface area contributed by atoms with Gasteiger partial charge in [-0.1, -0.05) is 31.1 Å². The number of hydrogen-bond acceptors (Lipinski definition) is 6. The first-order valence-electron chi connectivity index (χ1n) is 8.93. The topological polar surface area (TPSA) is 82.0 Å². The molecule has 0 spiro atoms. The van der Waals surface area contributed by atoms with E-state index in [9.17, 15) is 4.79 Å². The zero-order chi connectivity index (χ0) is 18.3. The number of aryl methyl sites for hydroxylation is 2. The third kappa shape index (κ3) is 3.07. The van der Waals surface area contributed by atoms with Gasteiger partial charge in [-0.25, -0.2) is 4.98 Å². The molecule has 26 heavy (non-hydrogen) atoms. The van der Waals surface area contributed by atoms with E-state index in [1.54, 1.807) is 6.92 Å². The van der Waals surface area contributed by atoms with Gasteiger partial charge in [-0.3, -0.25) is 4.79 Å². The quantitative estimate of drug-likeness (QED) is 0.631. The Morgan fingerprint density at radius 3 is 2.88 bits per heavy atom. The summed E-state index contributed by atoms with van der Waals surface area (Å²) in [6, 6.07) is 6.22. The molecule has 6 heteroatoms. The minimum Gasteiger partial charge on any atom is -0.438 e. The standard InChI is InChI=1S/C20H21N3O3/c1-11(2)20-22-19(23-26-20)15-6-7-16-13(8-15)4-5-14(16)9-17(24)18-10-21-12(3)25-18/h6-8,10-11,14H,4-5,9H2,1-3H3/t14-/m0/s1. The lowest BCUT2D eigenvalue weighted by Gasteiger charge is -2.10. The van der Waals surface area contributed by atoms with Crippen LogP contribution in [0.5, 0.6) is 0 Å². The Morgan fingerprint density at radius 2 is 2.19 bits per heavy atom. The van der Waals surface area contributed by atoms with Gasteiger partial charge in [-0.15, -0.1) is 0 Å². The van der Waals surface area contributed by atoms with Crippen molar-refractivity contribution >= 4 is 5.78 Å². The molecule has 0 radical (unpaired) electrons. The maximum atomic E-state index is 12.4. The van der Waals surface area contributed by atoms with Crippen LogP contribution >= 0.6 is 0 Å². The summed E-state index contributed by atoms with van der Waals surface area (Å²) >= 11 is 0. The van der Waals surface area contributed by atoms with E-state index < -0.39 is 0 Å². The van der Waals surface area contributed by atoms with Gasteiger partial charge in [-0.05, 0) is 36.0 Å². The predicted octanol–water partition coefficient (Wildman–Crippen LogP) is 4.46. The highest BCUT2D eigenvalue weighted by molar-refractivity contribution is 5.93. The van der Waals surface area contributed by atoms with Crippen molar-refractivity contribution in [1.82, 2.24) is 15.1 Å². The van der Waals surface area contributed by atoms with E-state index in [0.717, 1.165) is 18.4 Å². The van der Waals surface area contributed by atoms with Crippen molar-refractivity contribution in [3.05, 3.63) is 53.1 Å². The molecule has 6 nitrogen and oxygen atoms in total. The first kappa shape index (κ1) is 16.7. The Bertz CT molecular complexity index is 955. The van der Waals surface area contributed by atoms with Gasteiger partial charge in [0.05, 0.1) is 6.20 Å². The molecule has 1 atom stereocenters. The maximum Gasteiger partial charge on any atom is 0.229 e. The van der Waals surface area contributed by atoms with E-state index in [2.05, 4.69) is 27.3 Å². The number of carbonyl (C=O) groups is 1. The zero-order valence-corrected chi connectivity index (χ0v) is 15.2. The summed E-state index contributed by atoms with van der Waals surface area (Å²) in [6.07, 6.45) is 3.87. The average molecular weight is 351 g/mol. The molecule has 0 unspecified atom stereocenters. The third-order valence-electron chi connectivity index (χ3n) is 4.87. The third-order valence-corrected chi connectivity index (χ3v) is 4.87. The Balaban J connectivity index is 1.53. The van der Waals surface area contributed by atoms with Crippen molar-refractivity contribution < 1.29 is 13.7 Å². The SMILES string of the molecule is Cc1ncc(C(=O)C[C@@H]2CCc3cc(-c4noc(C(C)C)n4)ccc32)o1. The highest BCUT2D eigenvalue weighted by atomic mass is 16.5. The van der Waals surface area contributed by atoms with Gasteiger partial charge in [0, 0.05) is 24.8 Å². The molecule has 4 rings (SSSR count). The summed E-state index contributed by atoms with van der Waals surface area (Å²) in [5.41, 5.74) is 3.44. The van der Waals surface area contributed by atoms with E-state index in [-0.39, 0.29) is 17.6 Å². The van der Waals surface area contributed by atoms with Crippen molar-refractivity contribution in [3.8, 4) is 11.4 Å². The van der Waals surface area contributed by atoms with E-state index in [1.165, 1.54) is 17.3 Å². The molecule has 0 saturated heterocycles. The largest absolute Gasteiger partial charge is 0.438 e. The van der Waals surface area contributed by atoms with Crippen LogP contribution in [0.15, 0.2) is 33.3 Å². The van der Waals surface area contributed by atoms with Gasteiger partial charge in [0.25, 0.3) is 0 Å². The summed E-state index contributed by atoms with van der Waals surface area (Å²) in [6.45, 7) is 5.79. The van der Waals surface area contributed by atoms with Gasteiger partial charge in [-0.2, -0.15) is 4.98 Å². The maximum absolute atomic E-state index is 12.4. The summed E-state index contributed by atoms with van der Waals surface area (Å²) in [4.78, 5) is 20.9. The average Bonchev–Trinajstić information content (AvgIpc) is 3.34. The van der Waals surface area contributed by atoms with Crippen LogP contribution < -0.4 is 0 Å². The monoisotopic (exact) mass is 351 g/mol. The first-order chi connectivity index (χ1) is 12.5. The normalized spacial score (nSPS) is 16.2. The minimum atomic E-state index is 0.00673. The Kier molecular flexibility index (Phi) is 4.18. The second kappa shape index (κ2) is 6.52. The van der Waals surface area contributed by atoms with Crippen molar-refractivity contribution in [2.75, 3.05) is 0 Å². The molecule has 1 aromatic carbocycles. The molecule has 0 saturated carbocycles. The Labute approximate surface area is 151 Å². The number of nitrogens with zero attached hydrogens (tertiary/aromatic N) is 3. The molecule has 0 aliphatic heterocycles. The molecule has 0 fully saturated rings. The molecule has 2 aromatic heterocycles. The highest BCUT2D eigenvalue weighted by Crippen LogP contribution is 2.38. The van der Waals surface area contributed by atoms with Crippen molar-refractivity contribution in [1.29, 1.82) is 0 Å². The van der Waals surface area contributed by atoms with E-state index in [0.29, 0.717) is 29.8 Å². The van der Waals surface area contributed by atoms with Crippen LogP contribution in [0.3, 0.4) is 0 Å². The fraction of sp³-hybridized carbons (Fsp3) is 0.400. The van der Waals surface area contributed by atoms with Gasteiger partial charge in [0.15, 0.2) is 17.4 Å². The predicted molar refractivity (Wildman–Crippen MR) is 95.1 cm³/mol. The van der Waals surface area contributed by atoms with Crippen LogP contribution in [0.2, 0.25) is 0 Å². The molecule has 0 N–H and O–H groups in total. The second-order valence-electron chi connectivity index (χ2n) is 7.13. The van der Waals surface area contributed by atoms with Gasteiger partial charge >= 0.3 is 0 Å². The number of oxazole rings is 1. The summed E-state index contributed by atoms with van der Waals surface area (Å²) < 4.78 is 10.7.